The van der Waals surface area contributed by atoms with Gasteiger partial charge in [-0.15, -0.1) is 0 Å². The van der Waals surface area contributed by atoms with Gasteiger partial charge in [0.1, 0.15) is 30.2 Å². The van der Waals surface area contributed by atoms with Crippen LogP contribution in [-0.4, -0.2) is 63.1 Å². The highest BCUT2D eigenvalue weighted by Gasteiger charge is 2.56. The van der Waals surface area contributed by atoms with Crippen LogP contribution in [0.5, 0.6) is 0 Å². The first-order valence-corrected chi connectivity index (χ1v) is 9.53. The van der Waals surface area contributed by atoms with E-state index in [1.807, 2.05) is 4.72 Å². The number of nitrogens with zero attached hydrogens (tertiary/aromatic N) is 4. The zero-order valence-corrected chi connectivity index (χ0v) is 15.3. The van der Waals surface area contributed by atoms with E-state index in [4.69, 9.17) is 30.4 Å². The first kappa shape index (κ1) is 18.0. The van der Waals surface area contributed by atoms with Gasteiger partial charge in [-0.3, -0.25) is 9.12 Å². The largest absolute Gasteiger partial charge is 0.348 e. The normalized spacial score (nSPS) is 30.8. The monoisotopic (exact) mass is 405 g/mol. The van der Waals surface area contributed by atoms with Crippen molar-refractivity contribution in [1.29, 1.82) is 0 Å². The Morgan fingerprint density at radius 1 is 1.31 bits per heavy atom. The standard InChI is InChI=1S/C13H16ClN5O6S/c1-13(2)24-8-6(3-18-26(20,21)22)23-12(9(8)25-13)19-5-17-7-10(14)15-4-16-11(7)19/h4-6,8-9,12,18H,3H2,1-2H3,(H,20,21,22)/t6-,8-,9-,12-/m1/s1. The lowest BCUT2D eigenvalue weighted by atomic mass is 10.1. The molecule has 2 N–H and O–H groups in total. The van der Waals surface area contributed by atoms with Gasteiger partial charge in [0.2, 0.25) is 0 Å². The highest BCUT2D eigenvalue weighted by Crippen LogP contribution is 2.43. The van der Waals surface area contributed by atoms with Gasteiger partial charge in [-0.05, 0) is 13.8 Å². The maximum Gasteiger partial charge on any atom is 0.333 e. The summed E-state index contributed by atoms with van der Waals surface area (Å²) in [5.41, 5.74) is 0.859. The molecule has 0 aliphatic carbocycles. The second-order valence-corrected chi connectivity index (χ2v) is 8.04. The molecule has 0 bridgehead atoms. The smallest absolute Gasteiger partial charge is 0.333 e. The molecule has 0 amide bonds. The van der Waals surface area contributed by atoms with Crippen molar-refractivity contribution in [3.8, 4) is 0 Å². The highest BCUT2D eigenvalue weighted by molar-refractivity contribution is 7.83. The molecular formula is C13H16ClN5O6S. The van der Waals surface area contributed by atoms with E-state index in [0.29, 0.717) is 11.2 Å². The minimum atomic E-state index is -4.36. The van der Waals surface area contributed by atoms with Crippen LogP contribution < -0.4 is 4.72 Å². The van der Waals surface area contributed by atoms with E-state index in [-0.39, 0.29) is 11.7 Å². The van der Waals surface area contributed by atoms with Gasteiger partial charge < -0.3 is 14.2 Å². The van der Waals surface area contributed by atoms with Crippen molar-refractivity contribution in [3.63, 3.8) is 0 Å². The van der Waals surface area contributed by atoms with Crippen LogP contribution in [0.25, 0.3) is 11.2 Å². The molecule has 4 heterocycles. The number of hydrogen-bond donors (Lipinski definition) is 2. The molecular weight excluding hydrogens is 390 g/mol. The molecule has 0 spiro atoms. The quantitative estimate of drug-likeness (QED) is 0.542. The minimum absolute atomic E-state index is 0.182. The van der Waals surface area contributed by atoms with E-state index in [9.17, 15) is 8.42 Å². The lowest BCUT2D eigenvalue weighted by Gasteiger charge is -2.24. The zero-order valence-electron chi connectivity index (χ0n) is 13.7. The molecule has 2 aromatic heterocycles. The molecule has 4 rings (SSSR count). The molecule has 0 unspecified atom stereocenters. The number of imidazole rings is 1. The van der Waals surface area contributed by atoms with Gasteiger partial charge in [-0.2, -0.15) is 13.1 Å². The number of nitrogens with one attached hydrogen (secondary N) is 1. The van der Waals surface area contributed by atoms with Crippen molar-refractivity contribution in [2.24, 2.45) is 0 Å². The number of rotatable bonds is 4. The predicted molar refractivity (Wildman–Crippen MR) is 87.6 cm³/mol. The van der Waals surface area contributed by atoms with Crippen LogP contribution in [-0.2, 0) is 24.5 Å². The third kappa shape index (κ3) is 3.17. The topological polar surface area (TPSA) is 138 Å². The molecule has 4 atom stereocenters. The lowest BCUT2D eigenvalue weighted by molar-refractivity contribution is -0.195. The SMILES string of the molecule is CC1(C)O[C@@H]2[C@H](O1)[C@@H](CNS(=O)(=O)O)O[C@H]2n1cnc2c(Cl)ncnc21. The van der Waals surface area contributed by atoms with Crippen molar-refractivity contribution in [3.05, 3.63) is 17.8 Å². The maximum atomic E-state index is 11.0. The number of ether oxygens (including phenoxy) is 3. The van der Waals surface area contributed by atoms with E-state index in [1.165, 1.54) is 12.7 Å². The number of aromatic nitrogens is 4. The first-order valence-electron chi connectivity index (χ1n) is 7.71. The Balaban J connectivity index is 1.68. The second kappa shape index (κ2) is 6.05. The van der Waals surface area contributed by atoms with Crippen molar-refractivity contribution >= 4 is 33.1 Å². The van der Waals surface area contributed by atoms with Crippen LogP contribution in [0.2, 0.25) is 5.15 Å². The van der Waals surface area contributed by atoms with E-state index in [0.717, 1.165) is 0 Å². The zero-order chi connectivity index (χ0) is 18.7. The predicted octanol–water partition coefficient (Wildman–Crippen LogP) is 0.290. The Kier molecular flexibility index (Phi) is 4.19. The summed E-state index contributed by atoms with van der Waals surface area (Å²) in [6, 6.07) is 0. The molecule has 26 heavy (non-hydrogen) atoms. The van der Waals surface area contributed by atoms with E-state index < -0.39 is 40.6 Å². The molecule has 2 fully saturated rings. The summed E-state index contributed by atoms with van der Waals surface area (Å²) in [6.07, 6.45) is 0.348. The molecule has 0 aromatic carbocycles. The summed E-state index contributed by atoms with van der Waals surface area (Å²) >= 11 is 6.03. The molecule has 11 nitrogen and oxygen atoms in total. The Hall–Kier alpha value is -1.41. The third-order valence-electron chi connectivity index (χ3n) is 4.18. The lowest BCUT2D eigenvalue weighted by Crippen LogP contribution is -2.39. The van der Waals surface area contributed by atoms with Crippen molar-refractivity contribution in [2.75, 3.05) is 6.54 Å². The van der Waals surface area contributed by atoms with Gasteiger partial charge in [-0.1, -0.05) is 11.6 Å². The van der Waals surface area contributed by atoms with E-state index in [2.05, 4.69) is 15.0 Å². The van der Waals surface area contributed by atoms with Crippen LogP contribution >= 0.6 is 11.6 Å². The molecule has 142 valence electrons. The average Bonchev–Trinajstić information content (AvgIpc) is 3.16. The Morgan fingerprint density at radius 2 is 2.04 bits per heavy atom. The first-order chi connectivity index (χ1) is 12.1. The molecule has 0 saturated carbocycles. The molecule has 0 radical (unpaired) electrons. The summed E-state index contributed by atoms with van der Waals surface area (Å²) in [4.78, 5) is 12.3. The van der Waals surface area contributed by atoms with Crippen LogP contribution in [0.4, 0.5) is 0 Å². The van der Waals surface area contributed by atoms with Gasteiger partial charge in [0, 0.05) is 6.54 Å². The third-order valence-corrected chi connectivity index (χ3v) is 4.99. The van der Waals surface area contributed by atoms with Crippen LogP contribution in [0, 0.1) is 0 Å². The Bertz CT molecular complexity index is 950. The van der Waals surface area contributed by atoms with E-state index in [1.54, 1.807) is 18.4 Å². The number of halogens is 1. The van der Waals surface area contributed by atoms with Crippen molar-refractivity contribution in [1.82, 2.24) is 24.2 Å². The molecule has 2 saturated heterocycles. The van der Waals surface area contributed by atoms with Crippen molar-refractivity contribution in [2.45, 2.75) is 44.2 Å². The van der Waals surface area contributed by atoms with Crippen molar-refractivity contribution < 1.29 is 27.2 Å². The summed E-state index contributed by atoms with van der Waals surface area (Å²) in [5.74, 6) is -0.878. The molecule has 2 aromatic rings. The number of hydrogen-bond acceptors (Lipinski definition) is 8. The summed E-state index contributed by atoms with van der Waals surface area (Å²) < 4.78 is 52.3. The van der Waals surface area contributed by atoms with Gasteiger partial charge in [0.05, 0.1) is 6.33 Å². The summed E-state index contributed by atoms with van der Waals surface area (Å²) in [5, 5.41) is 0.205. The van der Waals surface area contributed by atoms with Gasteiger partial charge in [0.15, 0.2) is 22.8 Å². The van der Waals surface area contributed by atoms with Gasteiger partial charge in [-0.25, -0.2) is 15.0 Å². The molecule has 2 aliphatic rings. The fourth-order valence-corrected chi connectivity index (χ4v) is 3.80. The Morgan fingerprint density at radius 3 is 2.77 bits per heavy atom. The minimum Gasteiger partial charge on any atom is -0.348 e. The molecule has 2 aliphatic heterocycles. The van der Waals surface area contributed by atoms with Gasteiger partial charge >= 0.3 is 10.3 Å². The fraction of sp³-hybridized carbons (Fsp3) is 0.615. The van der Waals surface area contributed by atoms with Crippen LogP contribution in [0.1, 0.15) is 20.1 Å². The average molecular weight is 406 g/mol. The highest BCUT2D eigenvalue weighted by atomic mass is 35.5. The maximum absolute atomic E-state index is 11.0. The molecule has 13 heteroatoms. The Labute approximate surface area is 153 Å². The fourth-order valence-electron chi connectivity index (χ4n) is 3.24. The second-order valence-electron chi connectivity index (χ2n) is 6.44. The van der Waals surface area contributed by atoms with Crippen LogP contribution in [0.3, 0.4) is 0 Å². The van der Waals surface area contributed by atoms with Crippen LogP contribution in [0.15, 0.2) is 12.7 Å². The van der Waals surface area contributed by atoms with E-state index >= 15 is 0 Å². The summed E-state index contributed by atoms with van der Waals surface area (Å²) in [6.45, 7) is 3.32. The van der Waals surface area contributed by atoms with Gasteiger partial charge in [0.25, 0.3) is 0 Å². The number of fused-ring (bicyclic) bond motifs is 2. The summed E-state index contributed by atoms with van der Waals surface area (Å²) in [7, 11) is -4.36.